The molecular formula is C23H25ClN2O4S. The first-order valence-electron chi connectivity index (χ1n) is 9.72. The smallest absolute Gasteiger partial charge is 0.238 e. The molecule has 8 heteroatoms. The number of methoxy groups -OCH3 is 1. The number of halogens is 1. The van der Waals surface area contributed by atoms with E-state index < -0.39 is 10.0 Å². The zero-order chi connectivity index (χ0) is 22.3. The zero-order valence-corrected chi connectivity index (χ0v) is 18.7. The SMILES string of the molecule is COc1cc(CNCCc2ccc(S(N)(=O)=O)cc2)c(Cl)cc1OCc1ccccc1. The number of nitrogens with two attached hydrogens (primary N) is 1. The predicted octanol–water partition coefficient (Wildman–Crippen LogP) is 3.91. The van der Waals surface area contributed by atoms with Crippen LogP contribution in [0.2, 0.25) is 5.02 Å². The summed E-state index contributed by atoms with van der Waals surface area (Å²) in [6, 6.07) is 20.1. The monoisotopic (exact) mass is 460 g/mol. The lowest BCUT2D eigenvalue weighted by atomic mass is 10.1. The average molecular weight is 461 g/mol. The fourth-order valence-corrected chi connectivity index (χ4v) is 3.76. The third-order valence-corrected chi connectivity index (χ3v) is 6.01. The van der Waals surface area contributed by atoms with Crippen molar-refractivity contribution in [1.29, 1.82) is 0 Å². The number of sulfonamides is 1. The minimum absolute atomic E-state index is 0.109. The molecular weight excluding hydrogens is 436 g/mol. The highest BCUT2D eigenvalue weighted by Gasteiger charge is 2.11. The second-order valence-electron chi connectivity index (χ2n) is 6.98. The lowest BCUT2D eigenvalue weighted by Crippen LogP contribution is -2.17. The van der Waals surface area contributed by atoms with Crippen LogP contribution in [0.15, 0.2) is 71.6 Å². The van der Waals surface area contributed by atoms with Crippen LogP contribution >= 0.6 is 11.6 Å². The molecule has 3 aromatic carbocycles. The number of hydrogen-bond donors (Lipinski definition) is 2. The van der Waals surface area contributed by atoms with Crippen molar-refractivity contribution in [2.24, 2.45) is 5.14 Å². The Balaban J connectivity index is 1.55. The summed E-state index contributed by atoms with van der Waals surface area (Å²) in [6.07, 6.45) is 0.734. The fraction of sp³-hybridized carbons (Fsp3) is 0.217. The first-order valence-corrected chi connectivity index (χ1v) is 11.6. The number of ether oxygens (including phenoxy) is 2. The third-order valence-electron chi connectivity index (χ3n) is 4.73. The number of primary sulfonamides is 1. The summed E-state index contributed by atoms with van der Waals surface area (Å²) in [6.45, 7) is 1.68. The predicted molar refractivity (Wildman–Crippen MR) is 122 cm³/mol. The molecule has 0 aromatic heterocycles. The molecule has 3 N–H and O–H groups in total. The van der Waals surface area contributed by atoms with Gasteiger partial charge < -0.3 is 14.8 Å². The maximum Gasteiger partial charge on any atom is 0.238 e. The molecule has 0 radical (unpaired) electrons. The van der Waals surface area contributed by atoms with Crippen LogP contribution < -0.4 is 19.9 Å². The molecule has 0 aliphatic carbocycles. The number of benzene rings is 3. The second kappa shape index (κ2) is 10.6. The summed E-state index contributed by atoms with van der Waals surface area (Å²) < 4.78 is 34.0. The van der Waals surface area contributed by atoms with Crippen molar-refractivity contribution >= 4 is 21.6 Å². The van der Waals surface area contributed by atoms with E-state index in [1.54, 1.807) is 25.3 Å². The summed E-state index contributed by atoms with van der Waals surface area (Å²) in [4.78, 5) is 0.109. The second-order valence-corrected chi connectivity index (χ2v) is 8.95. The Morgan fingerprint density at radius 3 is 2.32 bits per heavy atom. The van der Waals surface area contributed by atoms with Gasteiger partial charge in [-0.25, -0.2) is 13.6 Å². The van der Waals surface area contributed by atoms with E-state index in [1.165, 1.54) is 12.1 Å². The molecule has 0 aliphatic heterocycles. The molecule has 3 rings (SSSR count). The van der Waals surface area contributed by atoms with E-state index in [4.69, 9.17) is 26.2 Å². The highest BCUT2D eigenvalue weighted by molar-refractivity contribution is 7.89. The van der Waals surface area contributed by atoms with E-state index in [2.05, 4.69) is 5.32 Å². The van der Waals surface area contributed by atoms with Crippen molar-refractivity contribution in [3.8, 4) is 11.5 Å². The maximum absolute atomic E-state index is 11.3. The molecule has 0 saturated carbocycles. The Morgan fingerprint density at radius 2 is 1.68 bits per heavy atom. The maximum atomic E-state index is 11.3. The van der Waals surface area contributed by atoms with Crippen LogP contribution in [-0.4, -0.2) is 22.1 Å². The third kappa shape index (κ3) is 6.70. The van der Waals surface area contributed by atoms with Gasteiger partial charge >= 0.3 is 0 Å². The van der Waals surface area contributed by atoms with E-state index in [0.29, 0.717) is 36.2 Å². The highest BCUT2D eigenvalue weighted by atomic mass is 35.5. The van der Waals surface area contributed by atoms with Gasteiger partial charge in [-0.05, 0) is 47.9 Å². The van der Waals surface area contributed by atoms with Gasteiger partial charge in [0.15, 0.2) is 11.5 Å². The normalized spacial score (nSPS) is 11.3. The Kier molecular flexibility index (Phi) is 7.92. The minimum atomic E-state index is -3.67. The quantitative estimate of drug-likeness (QED) is 0.448. The van der Waals surface area contributed by atoms with Crippen molar-refractivity contribution in [1.82, 2.24) is 5.32 Å². The van der Waals surface area contributed by atoms with Crippen LogP contribution in [-0.2, 0) is 29.6 Å². The van der Waals surface area contributed by atoms with Crippen molar-refractivity contribution in [3.05, 3.63) is 88.4 Å². The van der Waals surface area contributed by atoms with Gasteiger partial charge in [-0.15, -0.1) is 0 Å². The molecule has 0 heterocycles. The van der Waals surface area contributed by atoms with E-state index >= 15 is 0 Å². The number of rotatable bonds is 10. The molecule has 31 heavy (non-hydrogen) atoms. The van der Waals surface area contributed by atoms with E-state index in [0.717, 1.165) is 23.1 Å². The lowest BCUT2D eigenvalue weighted by Gasteiger charge is -2.14. The Bertz CT molecular complexity index is 1100. The molecule has 0 amide bonds. The standard InChI is InChI=1S/C23H25ClN2O4S/c1-29-22-13-19(21(24)14-23(22)30-16-18-5-3-2-4-6-18)15-26-12-11-17-7-9-20(10-8-17)31(25,27)28/h2-10,13-14,26H,11-12,15-16H2,1H3,(H2,25,27,28). The van der Waals surface area contributed by atoms with Gasteiger partial charge in [0.25, 0.3) is 0 Å². The average Bonchev–Trinajstić information content (AvgIpc) is 2.76. The molecule has 164 valence electrons. The number of nitrogens with one attached hydrogen (secondary N) is 1. The summed E-state index contributed by atoms with van der Waals surface area (Å²) in [5, 5.41) is 9.05. The molecule has 0 bridgehead atoms. The topological polar surface area (TPSA) is 90.6 Å². The van der Waals surface area contributed by atoms with E-state index in [-0.39, 0.29) is 4.90 Å². The summed E-state index contributed by atoms with van der Waals surface area (Å²) >= 11 is 6.45. The summed E-state index contributed by atoms with van der Waals surface area (Å²) in [5.74, 6) is 1.21. The van der Waals surface area contributed by atoms with Gasteiger partial charge in [0, 0.05) is 17.6 Å². The van der Waals surface area contributed by atoms with Gasteiger partial charge in [0.05, 0.1) is 12.0 Å². The van der Waals surface area contributed by atoms with E-state index in [1.807, 2.05) is 36.4 Å². The Labute approximate surface area is 188 Å². The van der Waals surface area contributed by atoms with Crippen molar-refractivity contribution in [2.75, 3.05) is 13.7 Å². The van der Waals surface area contributed by atoms with Crippen LogP contribution in [0.1, 0.15) is 16.7 Å². The molecule has 0 fully saturated rings. The van der Waals surface area contributed by atoms with Crippen molar-refractivity contribution in [3.63, 3.8) is 0 Å². The van der Waals surface area contributed by atoms with Crippen LogP contribution in [0.25, 0.3) is 0 Å². The van der Waals surface area contributed by atoms with Gasteiger partial charge in [0.1, 0.15) is 6.61 Å². The minimum Gasteiger partial charge on any atom is -0.493 e. The first kappa shape index (κ1) is 23.1. The molecule has 0 saturated heterocycles. The lowest BCUT2D eigenvalue weighted by molar-refractivity contribution is 0.284. The summed E-state index contributed by atoms with van der Waals surface area (Å²) in [5.41, 5.74) is 2.96. The first-order chi connectivity index (χ1) is 14.9. The fourth-order valence-electron chi connectivity index (χ4n) is 3.02. The van der Waals surface area contributed by atoms with Gasteiger partial charge in [-0.1, -0.05) is 54.1 Å². The molecule has 0 unspecified atom stereocenters. The summed E-state index contributed by atoms with van der Waals surface area (Å²) in [7, 11) is -2.07. The highest BCUT2D eigenvalue weighted by Crippen LogP contribution is 2.34. The van der Waals surface area contributed by atoms with Crippen molar-refractivity contribution in [2.45, 2.75) is 24.5 Å². The Hall–Kier alpha value is -2.58. The zero-order valence-electron chi connectivity index (χ0n) is 17.2. The van der Waals surface area contributed by atoms with Crippen molar-refractivity contribution < 1.29 is 17.9 Å². The molecule has 0 aliphatic rings. The number of hydrogen-bond acceptors (Lipinski definition) is 5. The molecule has 3 aromatic rings. The Morgan fingerprint density at radius 1 is 0.968 bits per heavy atom. The van der Waals surface area contributed by atoms with Gasteiger partial charge in [-0.3, -0.25) is 0 Å². The van der Waals surface area contributed by atoms with Crippen LogP contribution in [0, 0.1) is 0 Å². The van der Waals surface area contributed by atoms with E-state index in [9.17, 15) is 8.42 Å². The largest absolute Gasteiger partial charge is 0.493 e. The van der Waals surface area contributed by atoms with Gasteiger partial charge in [-0.2, -0.15) is 0 Å². The van der Waals surface area contributed by atoms with Crippen LogP contribution in [0.4, 0.5) is 0 Å². The van der Waals surface area contributed by atoms with Crippen LogP contribution in [0.5, 0.6) is 11.5 Å². The molecule has 0 spiro atoms. The molecule has 6 nitrogen and oxygen atoms in total. The van der Waals surface area contributed by atoms with Crippen LogP contribution in [0.3, 0.4) is 0 Å². The molecule has 0 atom stereocenters. The van der Waals surface area contributed by atoms with Gasteiger partial charge in [0.2, 0.25) is 10.0 Å².